The molecule has 4 rings (SSSR count). The predicted molar refractivity (Wildman–Crippen MR) is 108 cm³/mol. The molecule has 0 aliphatic heterocycles. The molecule has 0 saturated carbocycles. The summed E-state index contributed by atoms with van der Waals surface area (Å²) in [6.07, 6.45) is 0. The van der Waals surface area contributed by atoms with Crippen LogP contribution in [0.5, 0.6) is 0 Å². The average Bonchev–Trinajstić information content (AvgIpc) is 3.07. The fourth-order valence-electron chi connectivity index (χ4n) is 2.64. The topological polar surface area (TPSA) is 13.1 Å². The summed E-state index contributed by atoms with van der Waals surface area (Å²) in [6, 6.07) is 30.9. The molecular weight excluding hydrogens is 392 g/mol. The van der Waals surface area contributed by atoms with E-state index >= 15 is 0 Å². The monoisotopic (exact) mass is 406 g/mol. The van der Waals surface area contributed by atoms with E-state index in [0.29, 0.717) is 0 Å². The molecule has 0 fully saturated rings. The van der Waals surface area contributed by atoms with Gasteiger partial charge < -0.3 is 4.42 Å². The molecule has 122 valence electrons. The molecule has 4 aromatic rings. The van der Waals surface area contributed by atoms with Crippen LogP contribution in [0.1, 0.15) is 0 Å². The van der Waals surface area contributed by atoms with E-state index < -0.39 is 0 Å². The van der Waals surface area contributed by atoms with Crippen molar-refractivity contribution in [2.45, 2.75) is 9.79 Å². The van der Waals surface area contributed by atoms with Crippen LogP contribution in [0.25, 0.3) is 22.6 Å². The Hall–Kier alpha value is -2.23. The average molecular weight is 407 g/mol. The molecule has 0 radical (unpaired) electrons. The van der Waals surface area contributed by atoms with Crippen LogP contribution in [0, 0.1) is 0 Å². The zero-order valence-corrected chi connectivity index (χ0v) is 15.8. The molecule has 1 aromatic heterocycles. The van der Waals surface area contributed by atoms with Gasteiger partial charge in [0.25, 0.3) is 0 Å². The van der Waals surface area contributed by atoms with Crippen LogP contribution >= 0.6 is 27.7 Å². The Kier molecular flexibility index (Phi) is 4.77. The van der Waals surface area contributed by atoms with E-state index in [1.165, 1.54) is 4.90 Å². The number of hydrogen-bond donors (Lipinski definition) is 0. The number of furan rings is 1. The van der Waals surface area contributed by atoms with Gasteiger partial charge in [-0.2, -0.15) is 0 Å². The zero-order chi connectivity index (χ0) is 17.1. The molecule has 0 aliphatic rings. The number of rotatable bonds is 4. The second-order valence-corrected chi connectivity index (χ2v) is 7.63. The lowest BCUT2D eigenvalue weighted by molar-refractivity contribution is 0.592. The van der Waals surface area contributed by atoms with E-state index in [4.69, 9.17) is 4.42 Å². The maximum absolute atomic E-state index is 6.26. The summed E-state index contributed by atoms with van der Waals surface area (Å²) in [5, 5.41) is 0. The van der Waals surface area contributed by atoms with E-state index in [1.807, 2.05) is 48.5 Å². The van der Waals surface area contributed by atoms with E-state index in [0.717, 1.165) is 32.0 Å². The van der Waals surface area contributed by atoms with E-state index in [-0.39, 0.29) is 0 Å². The van der Waals surface area contributed by atoms with Crippen molar-refractivity contribution in [3.63, 3.8) is 0 Å². The highest BCUT2D eigenvalue weighted by Crippen LogP contribution is 2.41. The molecular formula is C22H15BrOS. The normalized spacial score (nSPS) is 10.8. The van der Waals surface area contributed by atoms with Crippen LogP contribution in [0.4, 0.5) is 0 Å². The summed E-state index contributed by atoms with van der Waals surface area (Å²) < 4.78 is 7.33. The summed E-state index contributed by atoms with van der Waals surface area (Å²) in [7, 11) is 0. The second kappa shape index (κ2) is 7.34. The summed E-state index contributed by atoms with van der Waals surface area (Å²) in [4.78, 5) is 2.29. The first-order valence-electron chi connectivity index (χ1n) is 7.98. The molecule has 0 atom stereocenters. The maximum Gasteiger partial charge on any atom is 0.148 e. The summed E-state index contributed by atoms with van der Waals surface area (Å²) >= 11 is 5.26. The molecule has 0 spiro atoms. The van der Waals surface area contributed by atoms with Crippen LogP contribution in [0.2, 0.25) is 0 Å². The Labute approximate surface area is 159 Å². The van der Waals surface area contributed by atoms with Crippen molar-refractivity contribution >= 4 is 27.7 Å². The van der Waals surface area contributed by atoms with Gasteiger partial charge in [0.15, 0.2) is 0 Å². The Bertz CT molecular complexity index is 977. The van der Waals surface area contributed by atoms with Gasteiger partial charge >= 0.3 is 0 Å². The van der Waals surface area contributed by atoms with Gasteiger partial charge in [-0.15, -0.1) is 0 Å². The molecule has 0 N–H and O–H groups in total. The molecule has 0 unspecified atom stereocenters. The first kappa shape index (κ1) is 16.2. The molecule has 1 nitrogen and oxygen atoms in total. The quantitative estimate of drug-likeness (QED) is 0.347. The fourth-order valence-corrected chi connectivity index (χ4v) is 4.20. The third kappa shape index (κ3) is 3.73. The maximum atomic E-state index is 6.26. The van der Waals surface area contributed by atoms with Crippen LogP contribution in [-0.4, -0.2) is 0 Å². The van der Waals surface area contributed by atoms with Gasteiger partial charge in [-0.3, -0.25) is 0 Å². The van der Waals surface area contributed by atoms with Crippen molar-refractivity contribution in [3.8, 4) is 22.6 Å². The smallest absolute Gasteiger partial charge is 0.148 e. The minimum Gasteiger partial charge on any atom is -0.455 e. The molecule has 0 bridgehead atoms. The van der Waals surface area contributed by atoms with Gasteiger partial charge in [0.05, 0.1) is 4.90 Å². The van der Waals surface area contributed by atoms with Crippen LogP contribution in [0.15, 0.2) is 110 Å². The SMILES string of the molecule is Brc1cccc(Sc2cc(-c3ccccc3)oc2-c2ccccc2)c1. The van der Waals surface area contributed by atoms with Gasteiger partial charge in [-0.25, -0.2) is 0 Å². The van der Waals surface area contributed by atoms with Crippen molar-refractivity contribution in [1.29, 1.82) is 0 Å². The standard InChI is InChI=1S/C22H15BrOS/c23-18-12-7-13-19(14-18)25-21-15-20(16-8-3-1-4-9-16)24-22(21)17-10-5-2-6-11-17/h1-15H. The third-order valence-electron chi connectivity index (χ3n) is 3.82. The third-order valence-corrected chi connectivity index (χ3v) is 5.32. The molecule has 25 heavy (non-hydrogen) atoms. The highest BCUT2D eigenvalue weighted by Gasteiger charge is 2.15. The van der Waals surface area contributed by atoms with Crippen molar-refractivity contribution in [2.24, 2.45) is 0 Å². The lowest BCUT2D eigenvalue weighted by atomic mass is 10.1. The van der Waals surface area contributed by atoms with Crippen molar-refractivity contribution in [1.82, 2.24) is 0 Å². The van der Waals surface area contributed by atoms with Crippen LogP contribution in [0.3, 0.4) is 0 Å². The molecule has 3 aromatic carbocycles. The Morgan fingerprint density at radius 1 is 0.680 bits per heavy atom. The van der Waals surface area contributed by atoms with E-state index in [9.17, 15) is 0 Å². The Balaban J connectivity index is 1.79. The Morgan fingerprint density at radius 2 is 1.36 bits per heavy atom. The fraction of sp³-hybridized carbons (Fsp3) is 0. The lowest BCUT2D eigenvalue weighted by Gasteiger charge is -2.03. The highest BCUT2D eigenvalue weighted by molar-refractivity contribution is 9.10. The Morgan fingerprint density at radius 3 is 2.04 bits per heavy atom. The second-order valence-electron chi connectivity index (χ2n) is 5.60. The highest BCUT2D eigenvalue weighted by atomic mass is 79.9. The van der Waals surface area contributed by atoms with Gasteiger partial charge in [-0.1, -0.05) is 94.4 Å². The van der Waals surface area contributed by atoms with Gasteiger partial charge in [0.1, 0.15) is 11.5 Å². The molecule has 0 amide bonds. The molecule has 1 heterocycles. The molecule has 0 saturated heterocycles. The summed E-state index contributed by atoms with van der Waals surface area (Å²) in [5.74, 6) is 1.79. The first-order valence-corrected chi connectivity index (χ1v) is 9.59. The van der Waals surface area contributed by atoms with Crippen molar-refractivity contribution in [2.75, 3.05) is 0 Å². The van der Waals surface area contributed by atoms with Crippen molar-refractivity contribution in [3.05, 3.63) is 95.5 Å². The minimum atomic E-state index is 0.886. The summed E-state index contributed by atoms with van der Waals surface area (Å²) in [6.45, 7) is 0. The number of hydrogen-bond acceptors (Lipinski definition) is 2. The van der Waals surface area contributed by atoms with E-state index in [1.54, 1.807) is 11.8 Å². The largest absolute Gasteiger partial charge is 0.455 e. The number of halogens is 1. The predicted octanol–water partition coefficient (Wildman–Crippen LogP) is 7.53. The first-order chi connectivity index (χ1) is 12.3. The van der Waals surface area contributed by atoms with Crippen molar-refractivity contribution < 1.29 is 4.42 Å². The van der Waals surface area contributed by atoms with Gasteiger partial charge in [0.2, 0.25) is 0 Å². The van der Waals surface area contributed by atoms with Crippen LogP contribution < -0.4 is 0 Å². The van der Waals surface area contributed by atoms with Gasteiger partial charge in [0, 0.05) is 20.5 Å². The molecule has 3 heteroatoms. The van der Waals surface area contributed by atoms with Crippen LogP contribution in [-0.2, 0) is 0 Å². The summed E-state index contributed by atoms with van der Waals surface area (Å²) in [5.41, 5.74) is 2.17. The molecule has 0 aliphatic carbocycles. The minimum absolute atomic E-state index is 0.886. The number of benzene rings is 3. The van der Waals surface area contributed by atoms with Gasteiger partial charge in [-0.05, 0) is 24.3 Å². The van der Waals surface area contributed by atoms with E-state index in [2.05, 4.69) is 58.4 Å². The zero-order valence-electron chi connectivity index (χ0n) is 13.4. The lowest BCUT2D eigenvalue weighted by Crippen LogP contribution is -1.77.